The Hall–Kier alpha value is -3.62. The van der Waals surface area contributed by atoms with Crippen molar-refractivity contribution in [3.63, 3.8) is 0 Å². The van der Waals surface area contributed by atoms with Crippen LogP contribution in [-0.4, -0.2) is 27.0 Å². The van der Waals surface area contributed by atoms with Crippen molar-refractivity contribution < 1.29 is 17.9 Å². The summed E-state index contributed by atoms with van der Waals surface area (Å²) in [5.41, 5.74) is 3.67. The predicted molar refractivity (Wildman–Crippen MR) is 111 cm³/mol. The lowest BCUT2D eigenvalue weighted by atomic mass is 10.1. The molecule has 9 heteroatoms. The molecule has 0 spiro atoms. The first kappa shape index (κ1) is 20.6. The summed E-state index contributed by atoms with van der Waals surface area (Å²) in [4.78, 5) is 15.5. The van der Waals surface area contributed by atoms with Crippen molar-refractivity contribution >= 4 is 16.9 Å². The van der Waals surface area contributed by atoms with E-state index in [9.17, 15) is 13.2 Å². The SMILES string of the molecule is COc1cc(Cc2c[nH]c3ncc(C)cc23)cnc1NCc1ccc(C(F)(F)F)nc1. The first-order chi connectivity index (χ1) is 14.8. The van der Waals surface area contributed by atoms with Gasteiger partial charge in [0, 0.05) is 43.1 Å². The summed E-state index contributed by atoms with van der Waals surface area (Å²) in [5, 5.41) is 4.15. The minimum atomic E-state index is -4.45. The molecular weight excluding hydrogens is 407 g/mol. The normalized spacial score (nSPS) is 11.6. The second kappa shape index (κ2) is 8.25. The van der Waals surface area contributed by atoms with E-state index in [1.807, 2.05) is 25.4 Å². The van der Waals surface area contributed by atoms with Gasteiger partial charge in [0.2, 0.25) is 0 Å². The Bertz CT molecular complexity index is 1200. The van der Waals surface area contributed by atoms with Gasteiger partial charge < -0.3 is 15.0 Å². The lowest BCUT2D eigenvalue weighted by Crippen LogP contribution is -2.09. The highest BCUT2D eigenvalue weighted by atomic mass is 19.4. The van der Waals surface area contributed by atoms with Gasteiger partial charge in [0.15, 0.2) is 11.6 Å². The number of hydrogen-bond donors (Lipinski definition) is 2. The van der Waals surface area contributed by atoms with Crippen molar-refractivity contribution in [2.24, 2.45) is 0 Å². The van der Waals surface area contributed by atoms with Gasteiger partial charge in [0.05, 0.1) is 7.11 Å². The van der Waals surface area contributed by atoms with Crippen LogP contribution in [0, 0.1) is 6.92 Å². The molecule has 31 heavy (non-hydrogen) atoms. The van der Waals surface area contributed by atoms with Gasteiger partial charge in [-0.05, 0) is 47.4 Å². The third-order valence-corrected chi connectivity index (χ3v) is 4.85. The van der Waals surface area contributed by atoms with Crippen molar-refractivity contribution in [2.75, 3.05) is 12.4 Å². The minimum Gasteiger partial charge on any atom is -0.493 e. The molecule has 4 heterocycles. The van der Waals surface area contributed by atoms with Crippen molar-refractivity contribution in [3.05, 3.63) is 77.0 Å². The van der Waals surface area contributed by atoms with Crippen molar-refractivity contribution in [1.29, 1.82) is 0 Å². The number of nitrogens with one attached hydrogen (secondary N) is 2. The molecule has 0 aliphatic carbocycles. The molecule has 0 saturated carbocycles. The van der Waals surface area contributed by atoms with Crippen LogP contribution in [0.2, 0.25) is 0 Å². The lowest BCUT2D eigenvalue weighted by Gasteiger charge is -2.12. The van der Waals surface area contributed by atoms with Crippen LogP contribution in [-0.2, 0) is 19.1 Å². The molecule has 4 rings (SSSR count). The molecule has 0 aliphatic heterocycles. The maximum Gasteiger partial charge on any atom is 0.433 e. The molecule has 4 aromatic heterocycles. The number of aromatic amines is 1. The zero-order valence-electron chi connectivity index (χ0n) is 16.9. The monoisotopic (exact) mass is 427 g/mol. The van der Waals surface area contributed by atoms with E-state index in [4.69, 9.17) is 4.74 Å². The van der Waals surface area contributed by atoms with Crippen molar-refractivity contribution in [2.45, 2.75) is 26.1 Å². The van der Waals surface area contributed by atoms with Gasteiger partial charge in [0.1, 0.15) is 11.3 Å². The maximum atomic E-state index is 12.6. The summed E-state index contributed by atoms with van der Waals surface area (Å²) in [6, 6.07) is 6.33. The van der Waals surface area contributed by atoms with Crippen molar-refractivity contribution in [1.82, 2.24) is 19.9 Å². The van der Waals surface area contributed by atoms with Gasteiger partial charge in [-0.15, -0.1) is 0 Å². The molecule has 0 fully saturated rings. The number of halogens is 3. The van der Waals surface area contributed by atoms with E-state index in [0.717, 1.165) is 33.8 Å². The number of alkyl halides is 3. The number of aryl methyl sites for hydroxylation is 1. The number of ether oxygens (including phenoxy) is 1. The second-order valence-corrected chi connectivity index (χ2v) is 7.20. The molecule has 0 atom stereocenters. The number of nitrogens with zero attached hydrogens (tertiary/aromatic N) is 3. The molecule has 0 amide bonds. The number of H-pyrrole nitrogens is 1. The number of anilines is 1. The molecule has 0 saturated heterocycles. The van der Waals surface area contributed by atoms with E-state index in [2.05, 4.69) is 31.3 Å². The topological polar surface area (TPSA) is 75.7 Å². The van der Waals surface area contributed by atoms with Crippen LogP contribution in [0.4, 0.5) is 19.0 Å². The van der Waals surface area contributed by atoms with Crippen LogP contribution in [0.25, 0.3) is 11.0 Å². The van der Waals surface area contributed by atoms with E-state index in [-0.39, 0.29) is 6.54 Å². The molecule has 0 radical (unpaired) electrons. The summed E-state index contributed by atoms with van der Waals surface area (Å²) in [6.45, 7) is 2.27. The minimum absolute atomic E-state index is 0.265. The zero-order chi connectivity index (χ0) is 22.0. The fourth-order valence-electron chi connectivity index (χ4n) is 3.28. The highest BCUT2D eigenvalue weighted by molar-refractivity contribution is 5.80. The number of rotatable bonds is 6. The molecule has 0 bridgehead atoms. The number of pyridine rings is 3. The highest BCUT2D eigenvalue weighted by Crippen LogP contribution is 2.28. The number of aromatic nitrogens is 4. The van der Waals surface area contributed by atoms with Crippen LogP contribution in [0.15, 0.2) is 49.1 Å². The van der Waals surface area contributed by atoms with E-state index >= 15 is 0 Å². The smallest absolute Gasteiger partial charge is 0.433 e. The van der Waals surface area contributed by atoms with E-state index < -0.39 is 11.9 Å². The van der Waals surface area contributed by atoms with Crippen LogP contribution in [0.1, 0.15) is 27.9 Å². The van der Waals surface area contributed by atoms with Crippen molar-refractivity contribution in [3.8, 4) is 5.75 Å². The van der Waals surface area contributed by atoms with Gasteiger partial charge in [0.25, 0.3) is 0 Å². The third kappa shape index (κ3) is 4.60. The Morgan fingerprint density at radius 1 is 1.03 bits per heavy atom. The average Bonchev–Trinajstić information content (AvgIpc) is 3.14. The molecule has 6 nitrogen and oxygen atoms in total. The molecule has 0 aromatic carbocycles. The first-order valence-electron chi connectivity index (χ1n) is 9.55. The summed E-state index contributed by atoms with van der Waals surface area (Å²) in [5.74, 6) is 1.05. The van der Waals surface area contributed by atoms with Crippen LogP contribution in [0.3, 0.4) is 0 Å². The van der Waals surface area contributed by atoms with Crippen LogP contribution in [0.5, 0.6) is 5.75 Å². The maximum absolute atomic E-state index is 12.6. The highest BCUT2D eigenvalue weighted by Gasteiger charge is 2.31. The third-order valence-electron chi connectivity index (χ3n) is 4.85. The average molecular weight is 427 g/mol. The Kier molecular flexibility index (Phi) is 5.50. The molecule has 160 valence electrons. The standard InChI is InChI=1S/C22H20F3N5O/c1-13-5-17-16(12-30-20(17)27-8-13)6-15-7-18(31-2)21(29-11-15)28-10-14-3-4-19(26-9-14)22(23,24)25/h3-5,7-9,11-12H,6,10H2,1-2H3,(H,27,30)(H,28,29). The Morgan fingerprint density at radius 3 is 2.55 bits per heavy atom. The Balaban J connectivity index is 1.48. The van der Waals surface area contributed by atoms with E-state index in [1.165, 1.54) is 12.3 Å². The first-order valence-corrected chi connectivity index (χ1v) is 9.55. The quantitative estimate of drug-likeness (QED) is 0.458. The largest absolute Gasteiger partial charge is 0.493 e. The summed E-state index contributed by atoms with van der Waals surface area (Å²) < 4.78 is 43.4. The molecule has 0 aliphatic rings. The van der Waals surface area contributed by atoms with Gasteiger partial charge in [-0.25, -0.2) is 9.97 Å². The van der Waals surface area contributed by atoms with Crippen LogP contribution >= 0.6 is 0 Å². The fourth-order valence-corrected chi connectivity index (χ4v) is 3.28. The van der Waals surface area contributed by atoms with Crippen LogP contribution < -0.4 is 10.1 Å². The second-order valence-electron chi connectivity index (χ2n) is 7.20. The van der Waals surface area contributed by atoms with E-state index in [1.54, 1.807) is 13.3 Å². The lowest BCUT2D eigenvalue weighted by molar-refractivity contribution is -0.141. The van der Waals surface area contributed by atoms with Gasteiger partial charge >= 0.3 is 6.18 Å². The summed E-state index contributed by atoms with van der Waals surface area (Å²) >= 11 is 0. The Morgan fingerprint density at radius 2 is 1.84 bits per heavy atom. The number of hydrogen-bond acceptors (Lipinski definition) is 5. The number of fused-ring (bicyclic) bond motifs is 1. The van der Waals surface area contributed by atoms with Gasteiger partial charge in [-0.3, -0.25) is 4.98 Å². The molecule has 0 unspecified atom stereocenters. The number of methoxy groups -OCH3 is 1. The summed E-state index contributed by atoms with van der Waals surface area (Å²) in [7, 11) is 1.55. The molecule has 4 aromatic rings. The fraction of sp³-hybridized carbons (Fsp3) is 0.227. The van der Waals surface area contributed by atoms with Gasteiger partial charge in [-0.2, -0.15) is 13.2 Å². The van der Waals surface area contributed by atoms with E-state index in [0.29, 0.717) is 23.6 Å². The Labute approximate surface area is 176 Å². The summed E-state index contributed by atoms with van der Waals surface area (Å²) in [6.07, 6.45) is 2.90. The predicted octanol–water partition coefficient (Wildman–Crippen LogP) is 4.89. The van der Waals surface area contributed by atoms with Gasteiger partial charge in [-0.1, -0.05) is 6.07 Å². The molecular formula is C22H20F3N5O. The zero-order valence-corrected chi connectivity index (χ0v) is 16.9. The molecule has 2 N–H and O–H groups in total.